The first-order valence-electron chi connectivity index (χ1n) is 5.92. The minimum atomic E-state index is -0.389. The minimum Gasteiger partial charge on any atom is -0.468 e. The molecule has 0 unspecified atom stereocenters. The molecule has 0 atom stereocenters. The molecule has 2 aromatic rings. The Kier molecular flexibility index (Phi) is 2.21. The highest BCUT2D eigenvalue weighted by atomic mass is 16.5. The molecule has 0 aliphatic heterocycles. The van der Waals surface area contributed by atoms with Gasteiger partial charge in [0, 0.05) is 11.7 Å². The predicted octanol–water partition coefficient (Wildman–Crippen LogP) is 2.76. The van der Waals surface area contributed by atoms with Gasteiger partial charge in [-0.15, -0.1) is 0 Å². The monoisotopic (exact) mass is 229 g/mol. The maximum absolute atomic E-state index is 12.0. The summed E-state index contributed by atoms with van der Waals surface area (Å²) in [7, 11) is 1.47. The Morgan fingerprint density at radius 1 is 1.35 bits per heavy atom. The summed E-state index contributed by atoms with van der Waals surface area (Å²) < 4.78 is 4.96. The zero-order valence-corrected chi connectivity index (χ0v) is 9.82. The van der Waals surface area contributed by atoms with E-state index in [2.05, 4.69) is 11.1 Å². The zero-order valence-electron chi connectivity index (χ0n) is 9.82. The normalized spacial score (nSPS) is 17.7. The minimum absolute atomic E-state index is 0.0985. The molecule has 1 fully saturated rings. The lowest BCUT2D eigenvalue weighted by Crippen LogP contribution is -2.43. The lowest BCUT2D eigenvalue weighted by molar-refractivity contribution is -0.151. The van der Waals surface area contributed by atoms with E-state index < -0.39 is 0 Å². The third-order valence-corrected chi connectivity index (χ3v) is 3.89. The highest BCUT2D eigenvalue weighted by Crippen LogP contribution is 2.45. The summed E-state index contributed by atoms with van der Waals surface area (Å²) in [4.78, 5) is 15.1. The molecular weight excluding hydrogens is 214 g/mol. The number of benzene rings is 1. The van der Waals surface area contributed by atoms with Crippen LogP contribution in [0.25, 0.3) is 10.9 Å². The fourth-order valence-corrected chi connectivity index (χ4v) is 2.69. The first-order chi connectivity index (χ1) is 8.26. The fraction of sp³-hybridized carbons (Fsp3) is 0.357. The van der Waals surface area contributed by atoms with E-state index >= 15 is 0 Å². The van der Waals surface area contributed by atoms with Crippen LogP contribution >= 0.6 is 0 Å². The molecule has 1 aromatic carbocycles. The summed E-state index contributed by atoms with van der Waals surface area (Å²) in [6.45, 7) is 0. The molecule has 3 heteroatoms. The van der Waals surface area contributed by atoms with Gasteiger partial charge in [-0.25, -0.2) is 0 Å². The van der Waals surface area contributed by atoms with Crippen molar-refractivity contribution in [3.05, 3.63) is 36.0 Å². The van der Waals surface area contributed by atoms with Crippen molar-refractivity contribution in [2.24, 2.45) is 0 Å². The number of nitrogens with one attached hydrogen (secondary N) is 1. The van der Waals surface area contributed by atoms with Gasteiger partial charge < -0.3 is 9.72 Å². The molecule has 1 aromatic heterocycles. The molecule has 88 valence electrons. The second kappa shape index (κ2) is 3.62. The first-order valence-corrected chi connectivity index (χ1v) is 5.92. The van der Waals surface area contributed by atoms with Gasteiger partial charge in [-0.3, -0.25) is 4.79 Å². The molecule has 3 nitrogen and oxygen atoms in total. The Labute approximate surface area is 99.8 Å². The van der Waals surface area contributed by atoms with Crippen LogP contribution in [0.1, 0.15) is 24.8 Å². The van der Waals surface area contributed by atoms with Gasteiger partial charge in [0.15, 0.2) is 0 Å². The zero-order chi connectivity index (χ0) is 11.9. The number of ether oxygens (including phenoxy) is 1. The summed E-state index contributed by atoms with van der Waals surface area (Å²) in [5, 5.41) is 1.15. The summed E-state index contributed by atoms with van der Waals surface area (Å²) in [6, 6.07) is 8.20. The average molecular weight is 229 g/mol. The largest absolute Gasteiger partial charge is 0.468 e. The number of rotatable bonds is 2. The molecule has 0 radical (unpaired) electrons. The maximum atomic E-state index is 12.0. The van der Waals surface area contributed by atoms with Crippen molar-refractivity contribution < 1.29 is 9.53 Å². The van der Waals surface area contributed by atoms with Gasteiger partial charge in [0.05, 0.1) is 12.5 Å². The van der Waals surface area contributed by atoms with Crippen LogP contribution in [0.4, 0.5) is 0 Å². The van der Waals surface area contributed by atoms with Crippen LogP contribution in [0.5, 0.6) is 0 Å². The number of aromatic nitrogens is 1. The van der Waals surface area contributed by atoms with Gasteiger partial charge in [0.1, 0.15) is 0 Å². The predicted molar refractivity (Wildman–Crippen MR) is 65.8 cm³/mol. The van der Waals surface area contributed by atoms with Gasteiger partial charge in [-0.05, 0) is 42.0 Å². The van der Waals surface area contributed by atoms with Crippen LogP contribution in [0.3, 0.4) is 0 Å². The fourth-order valence-electron chi connectivity index (χ4n) is 2.69. The lowest BCUT2D eigenvalue weighted by atomic mass is 9.64. The standard InChI is InChI=1S/C14H15NO2/c1-17-13(16)14(6-2-7-14)11-3-4-12-10(9-11)5-8-15-12/h3-5,8-9,15H,2,6-7H2,1H3. The number of H-pyrrole nitrogens is 1. The van der Waals surface area contributed by atoms with E-state index in [1.165, 1.54) is 7.11 Å². The van der Waals surface area contributed by atoms with Gasteiger partial charge >= 0.3 is 5.97 Å². The third-order valence-electron chi connectivity index (χ3n) is 3.89. The van der Waals surface area contributed by atoms with Crippen molar-refractivity contribution in [2.75, 3.05) is 7.11 Å². The molecule has 0 saturated heterocycles. The molecule has 3 rings (SSSR count). The van der Waals surface area contributed by atoms with Crippen LogP contribution in [-0.2, 0) is 14.9 Å². The van der Waals surface area contributed by atoms with Gasteiger partial charge in [-0.1, -0.05) is 12.5 Å². The quantitative estimate of drug-likeness (QED) is 0.804. The van der Waals surface area contributed by atoms with Crippen molar-refractivity contribution >= 4 is 16.9 Å². The Hall–Kier alpha value is -1.77. The van der Waals surface area contributed by atoms with E-state index in [0.717, 1.165) is 35.7 Å². The molecule has 1 aliphatic carbocycles. The number of hydrogen-bond donors (Lipinski definition) is 1. The molecule has 0 amide bonds. The van der Waals surface area contributed by atoms with Crippen molar-refractivity contribution in [1.82, 2.24) is 4.98 Å². The maximum Gasteiger partial charge on any atom is 0.316 e. The Bertz CT molecular complexity index is 566. The Balaban J connectivity index is 2.09. The molecular formula is C14H15NO2. The SMILES string of the molecule is COC(=O)C1(c2ccc3[nH]ccc3c2)CCC1. The van der Waals surface area contributed by atoms with Crippen LogP contribution in [0.2, 0.25) is 0 Å². The van der Waals surface area contributed by atoms with Crippen LogP contribution in [0, 0.1) is 0 Å². The summed E-state index contributed by atoms with van der Waals surface area (Å²) >= 11 is 0. The van der Waals surface area contributed by atoms with Crippen molar-refractivity contribution in [2.45, 2.75) is 24.7 Å². The second-order valence-corrected chi connectivity index (χ2v) is 4.71. The number of hydrogen-bond acceptors (Lipinski definition) is 2. The summed E-state index contributed by atoms with van der Waals surface area (Å²) in [5.74, 6) is -0.0985. The van der Waals surface area contributed by atoms with Crippen molar-refractivity contribution in [3.63, 3.8) is 0 Å². The Morgan fingerprint density at radius 2 is 2.18 bits per heavy atom. The lowest BCUT2D eigenvalue weighted by Gasteiger charge is -2.39. The highest BCUT2D eigenvalue weighted by molar-refractivity contribution is 5.87. The number of aromatic amines is 1. The van der Waals surface area contributed by atoms with E-state index in [9.17, 15) is 4.79 Å². The number of esters is 1. The van der Waals surface area contributed by atoms with Crippen LogP contribution in [0.15, 0.2) is 30.5 Å². The molecule has 0 bridgehead atoms. The van der Waals surface area contributed by atoms with E-state index in [4.69, 9.17) is 4.74 Å². The van der Waals surface area contributed by atoms with E-state index in [-0.39, 0.29) is 11.4 Å². The van der Waals surface area contributed by atoms with Gasteiger partial charge in [0.25, 0.3) is 0 Å². The number of carbonyl (C=O) groups excluding carboxylic acids is 1. The molecule has 1 aliphatic rings. The van der Waals surface area contributed by atoms with E-state index in [0.29, 0.717) is 0 Å². The topological polar surface area (TPSA) is 42.1 Å². The number of carbonyl (C=O) groups is 1. The summed E-state index contributed by atoms with van der Waals surface area (Å²) in [5.41, 5.74) is 1.80. The smallest absolute Gasteiger partial charge is 0.316 e. The second-order valence-electron chi connectivity index (χ2n) is 4.71. The first kappa shape index (κ1) is 10.4. The highest BCUT2D eigenvalue weighted by Gasteiger charge is 2.46. The Morgan fingerprint density at radius 3 is 2.82 bits per heavy atom. The van der Waals surface area contributed by atoms with Crippen LogP contribution in [-0.4, -0.2) is 18.1 Å². The van der Waals surface area contributed by atoms with Crippen molar-refractivity contribution in [1.29, 1.82) is 0 Å². The average Bonchev–Trinajstić information content (AvgIpc) is 2.74. The van der Waals surface area contributed by atoms with Gasteiger partial charge in [-0.2, -0.15) is 0 Å². The molecule has 1 N–H and O–H groups in total. The molecule has 1 saturated carbocycles. The van der Waals surface area contributed by atoms with E-state index in [1.54, 1.807) is 0 Å². The molecule has 0 spiro atoms. The van der Waals surface area contributed by atoms with E-state index in [1.807, 2.05) is 24.4 Å². The van der Waals surface area contributed by atoms with Gasteiger partial charge in [0.2, 0.25) is 0 Å². The summed E-state index contributed by atoms with van der Waals surface area (Å²) in [6.07, 6.45) is 4.81. The van der Waals surface area contributed by atoms with Crippen molar-refractivity contribution in [3.8, 4) is 0 Å². The van der Waals surface area contributed by atoms with Crippen LogP contribution < -0.4 is 0 Å². The number of methoxy groups -OCH3 is 1. The molecule has 1 heterocycles. The molecule has 17 heavy (non-hydrogen) atoms. The third kappa shape index (κ3) is 1.38. The number of fused-ring (bicyclic) bond motifs is 1.